The maximum Gasteiger partial charge on any atom is 0.293 e. The van der Waals surface area contributed by atoms with Crippen LogP contribution >= 0.6 is 35.0 Å². The van der Waals surface area contributed by atoms with Crippen molar-refractivity contribution in [2.24, 2.45) is 0 Å². The highest BCUT2D eigenvalue weighted by atomic mass is 35.5. The first-order chi connectivity index (χ1) is 17.0. The molecule has 1 aliphatic rings. The van der Waals surface area contributed by atoms with E-state index < -0.39 is 0 Å². The molecule has 0 radical (unpaired) electrons. The molecular weight excluding hydrogens is 503 g/mol. The fourth-order valence-corrected chi connectivity index (χ4v) is 5.12. The Bertz CT molecular complexity index is 1450. The van der Waals surface area contributed by atoms with Crippen LogP contribution in [-0.4, -0.2) is 33.8 Å². The Balaban J connectivity index is 1.35. The number of hydrogen-bond acceptors (Lipinski definition) is 4. The largest absolute Gasteiger partial charge is 0.490 e. The maximum absolute atomic E-state index is 13.0. The molecule has 0 saturated carbocycles. The van der Waals surface area contributed by atoms with Crippen molar-refractivity contribution in [1.29, 1.82) is 0 Å². The summed E-state index contributed by atoms with van der Waals surface area (Å²) in [5.41, 5.74) is 3.04. The fraction of sp³-hybridized carbons (Fsp3) is 0.111. The topological polar surface area (TPSA) is 51.5 Å². The van der Waals surface area contributed by atoms with E-state index in [1.807, 2.05) is 66.9 Å². The molecule has 176 valence electrons. The third kappa shape index (κ3) is 5.10. The standard InChI is InChI=1S/C27H20Cl2N2O3S/c28-20-11-9-18(10-12-20)16-30-17-19(21-5-1-3-7-23(21)30)15-25-26(32)31(27(33)35-25)13-14-34-24-8-4-2-6-22(24)29/h1-12,15,17H,13-14,16H2/b25-15-. The minimum Gasteiger partial charge on any atom is -0.490 e. The van der Waals surface area contributed by atoms with E-state index >= 15 is 0 Å². The van der Waals surface area contributed by atoms with E-state index in [4.69, 9.17) is 27.9 Å². The van der Waals surface area contributed by atoms with Crippen LogP contribution in [0.1, 0.15) is 11.1 Å². The lowest BCUT2D eigenvalue weighted by Crippen LogP contribution is -2.32. The number of halogens is 2. The summed E-state index contributed by atoms with van der Waals surface area (Å²) in [4.78, 5) is 27.2. The summed E-state index contributed by atoms with van der Waals surface area (Å²) >= 11 is 13.1. The smallest absolute Gasteiger partial charge is 0.293 e. The average molecular weight is 523 g/mol. The molecule has 3 aromatic carbocycles. The van der Waals surface area contributed by atoms with Gasteiger partial charge < -0.3 is 9.30 Å². The van der Waals surface area contributed by atoms with Gasteiger partial charge in [-0.05, 0) is 53.7 Å². The van der Waals surface area contributed by atoms with Gasteiger partial charge in [0.1, 0.15) is 12.4 Å². The normalized spacial score (nSPS) is 14.9. The highest BCUT2D eigenvalue weighted by Gasteiger charge is 2.35. The number of amides is 2. The Morgan fingerprint density at radius 1 is 0.914 bits per heavy atom. The number of carbonyl (C=O) groups excluding carboxylic acids is 2. The number of fused-ring (bicyclic) bond motifs is 1. The zero-order valence-corrected chi connectivity index (χ0v) is 20.8. The Labute approximate surface area is 216 Å². The number of ether oxygens (including phenoxy) is 1. The zero-order valence-electron chi connectivity index (χ0n) is 18.5. The highest BCUT2D eigenvalue weighted by Crippen LogP contribution is 2.34. The predicted molar refractivity (Wildman–Crippen MR) is 142 cm³/mol. The molecule has 0 unspecified atom stereocenters. The number of aromatic nitrogens is 1. The summed E-state index contributed by atoms with van der Waals surface area (Å²) < 4.78 is 7.79. The number of nitrogens with zero attached hydrogens (tertiary/aromatic N) is 2. The molecule has 0 aliphatic carbocycles. The summed E-state index contributed by atoms with van der Waals surface area (Å²) in [6, 6.07) is 22.8. The molecule has 5 nitrogen and oxygen atoms in total. The van der Waals surface area contributed by atoms with Crippen molar-refractivity contribution in [3.63, 3.8) is 0 Å². The summed E-state index contributed by atoms with van der Waals surface area (Å²) in [5.74, 6) is 0.197. The Kier molecular flexibility index (Phi) is 6.86. The van der Waals surface area contributed by atoms with Gasteiger partial charge in [0.05, 0.1) is 16.5 Å². The van der Waals surface area contributed by atoms with Crippen molar-refractivity contribution in [2.45, 2.75) is 6.54 Å². The van der Waals surface area contributed by atoms with Crippen LogP contribution in [0, 0.1) is 0 Å². The molecule has 0 N–H and O–H groups in total. The molecule has 0 bridgehead atoms. The Morgan fingerprint density at radius 3 is 2.46 bits per heavy atom. The van der Waals surface area contributed by atoms with Gasteiger partial charge in [0.2, 0.25) is 0 Å². The monoisotopic (exact) mass is 522 g/mol. The number of imide groups is 1. The Morgan fingerprint density at radius 2 is 1.66 bits per heavy atom. The van der Waals surface area contributed by atoms with Gasteiger partial charge >= 0.3 is 0 Å². The quantitative estimate of drug-likeness (QED) is 0.242. The SMILES string of the molecule is O=C1S/C(=C\c2cn(Cc3ccc(Cl)cc3)c3ccccc23)C(=O)N1CCOc1ccccc1Cl. The first-order valence-corrected chi connectivity index (χ1v) is 12.5. The van der Waals surface area contributed by atoms with E-state index in [1.54, 1.807) is 18.2 Å². The van der Waals surface area contributed by atoms with E-state index in [0.29, 0.717) is 27.2 Å². The van der Waals surface area contributed by atoms with Gasteiger partial charge in [-0.2, -0.15) is 0 Å². The lowest BCUT2D eigenvalue weighted by atomic mass is 10.1. The summed E-state index contributed by atoms with van der Waals surface area (Å²) in [7, 11) is 0. The summed E-state index contributed by atoms with van der Waals surface area (Å²) in [5, 5.41) is 1.88. The van der Waals surface area contributed by atoms with Crippen LogP contribution < -0.4 is 4.74 Å². The van der Waals surface area contributed by atoms with Crippen molar-refractivity contribution in [3.8, 4) is 5.75 Å². The number of hydrogen-bond donors (Lipinski definition) is 0. The van der Waals surface area contributed by atoms with E-state index in [-0.39, 0.29) is 24.3 Å². The third-order valence-electron chi connectivity index (χ3n) is 5.65. The Hall–Kier alpha value is -3.19. The lowest BCUT2D eigenvalue weighted by Gasteiger charge is -2.13. The molecule has 1 aromatic heterocycles. The van der Waals surface area contributed by atoms with Gasteiger partial charge in [0.15, 0.2) is 0 Å². The van der Waals surface area contributed by atoms with Gasteiger partial charge in [0, 0.05) is 34.2 Å². The van der Waals surface area contributed by atoms with Crippen LogP contribution in [0.5, 0.6) is 5.75 Å². The van der Waals surface area contributed by atoms with Crippen molar-refractivity contribution in [1.82, 2.24) is 9.47 Å². The number of para-hydroxylation sites is 2. The summed E-state index contributed by atoms with van der Waals surface area (Å²) in [6.07, 6.45) is 3.80. The van der Waals surface area contributed by atoms with Crippen LogP contribution in [0.2, 0.25) is 10.0 Å². The molecule has 0 atom stereocenters. The average Bonchev–Trinajstić information content (AvgIpc) is 3.33. The van der Waals surface area contributed by atoms with Crippen molar-refractivity contribution in [3.05, 3.63) is 105 Å². The predicted octanol–water partition coefficient (Wildman–Crippen LogP) is 7.11. The van der Waals surface area contributed by atoms with Gasteiger partial charge in [-0.3, -0.25) is 14.5 Å². The minimum atomic E-state index is -0.322. The third-order valence-corrected chi connectivity index (χ3v) is 7.13. The van der Waals surface area contributed by atoms with Gasteiger partial charge in [-0.15, -0.1) is 0 Å². The molecule has 8 heteroatoms. The second kappa shape index (κ2) is 10.2. The second-order valence-corrected chi connectivity index (χ2v) is 9.81. The van der Waals surface area contributed by atoms with E-state index in [0.717, 1.165) is 33.8 Å². The van der Waals surface area contributed by atoms with Gasteiger partial charge in [-0.25, -0.2) is 0 Å². The molecule has 1 fully saturated rings. The van der Waals surface area contributed by atoms with E-state index in [9.17, 15) is 9.59 Å². The van der Waals surface area contributed by atoms with E-state index in [2.05, 4.69) is 4.57 Å². The number of benzene rings is 3. The molecule has 0 spiro atoms. The highest BCUT2D eigenvalue weighted by molar-refractivity contribution is 8.18. The fourth-order valence-electron chi connectivity index (χ4n) is 3.95. The molecule has 35 heavy (non-hydrogen) atoms. The number of carbonyl (C=O) groups is 2. The summed E-state index contributed by atoms with van der Waals surface area (Å²) in [6.45, 7) is 0.966. The first kappa shape index (κ1) is 23.5. The molecule has 2 amide bonds. The molecule has 4 aromatic rings. The number of thioether (sulfide) groups is 1. The molecule has 5 rings (SSSR count). The second-order valence-electron chi connectivity index (χ2n) is 7.97. The first-order valence-electron chi connectivity index (χ1n) is 10.9. The van der Waals surface area contributed by atoms with Crippen LogP contribution in [0.3, 0.4) is 0 Å². The number of rotatable bonds is 7. The van der Waals surface area contributed by atoms with Crippen LogP contribution in [0.15, 0.2) is 83.9 Å². The van der Waals surface area contributed by atoms with Gasteiger partial charge in [0.25, 0.3) is 11.1 Å². The van der Waals surface area contributed by atoms with Crippen LogP contribution in [-0.2, 0) is 11.3 Å². The lowest BCUT2D eigenvalue weighted by molar-refractivity contribution is -0.123. The molecule has 1 saturated heterocycles. The minimum absolute atomic E-state index is 0.144. The zero-order chi connectivity index (χ0) is 24.4. The molecule has 1 aliphatic heterocycles. The van der Waals surface area contributed by atoms with Crippen molar-refractivity contribution < 1.29 is 14.3 Å². The van der Waals surface area contributed by atoms with Crippen LogP contribution in [0.4, 0.5) is 4.79 Å². The van der Waals surface area contributed by atoms with Gasteiger partial charge in [-0.1, -0.05) is 65.7 Å². The van der Waals surface area contributed by atoms with Crippen molar-refractivity contribution >= 4 is 63.1 Å². The molecular formula is C27H20Cl2N2O3S. The molecule has 2 heterocycles. The van der Waals surface area contributed by atoms with Crippen molar-refractivity contribution in [2.75, 3.05) is 13.2 Å². The maximum atomic E-state index is 13.0. The van der Waals surface area contributed by atoms with E-state index in [1.165, 1.54) is 4.90 Å². The van der Waals surface area contributed by atoms with Crippen LogP contribution in [0.25, 0.3) is 17.0 Å².